The second-order valence-corrected chi connectivity index (χ2v) is 8.27. The van der Waals surface area contributed by atoms with Gasteiger partial charge in [-0.25, -0.2) is 8.42 Å². The van der Waals surface area contributed by atoms with Crippen molar-refractivity contribution in [2.24, 2.45) is 5.73 Å². The monoisotopic (exact) mass is 347 g/mol. The second-order valence-electron chi connectivity index (χ2n) is 4.95. The van der Waals surface area contributed by atoms with Gasteiger partial charge in [-0.2, -0.15) is 0 Å². The molecule has 1 aromatic rings. The number of sulfone groups is 1. The van der Waals surface area contributed by atoms with Gasteiger partial charge in [0.25, 0.3) is 0 Å². The van der Waals surface area contributed by atoms with Crippen molar-refractivity contribution in [2.75, 3.05) is 19.5 Å². The van der Waals surface area contributed by atoms with Crippen LogP contribution in [0.3, 0.4) is 0 Å². The van der Waals surface area contributed by atoms with Gasteiger partial charge in [-0.05, 0) is 17.7 Å². The quantitative estimate of drug-likeness (QED) is 0.879. The highest BCUT2D eigenvalue weighted by atomic mass is 79.9. The molecule has 1 fully saturated rings. The molecule has 0 bridgehead atoms. The molecule has 0 radical (unpaired) electrons. The molecule has 3 atom stereocenters. The third-order valence-electron chi connectivity index (χ3n) is 3.72. The molecule has 0 unspecified atom stereocenters. The van der Waals surface area contributed by atoms with E-state index in [0.717, 1.165) is 10.0 Å². The predicted molar refractivity (Wildman–Crippen MR) is 78.9 cm³/mol. The van der Waals surface area contributed by atoms with E-state index < -0.39 is 20.6 Å². The van der Waals surface area contributed by atoms with Gasteiger partial charge in [-0.1, -0.05) is 35.0 Å². The smallest absolute Gasteiger partial charge is 0.155 e. The van der Waals surface area contributed by atoms with Crippen LogP contribution in [0.5, 0.6) is 0 Å². The first kappa shape index (κ1) is 15.0. The Bertz CT molecular complexity index is 558. The first-order valence-electron chi connectivity index (χ1n) is 6.11. The van der Waals surface area contributed by atoms with Gasteiger partial charge in [0.15, 0.2) is 9.84 Å². The lowest BCUT2D eigenvalue weighted by Gasteiger charge is -2.10. The molecule has 0 aromatic heterocycles. The number of ether oxygens (including phenoxy) is 1. The molecular formula is C13H18BrNO3S. The maximum Gasteiger partial charge on any atom is 0.155 e. The second kappa shape index (κ2) is 5.16. The number of benzene rings is 1. The summed E-state index contributed by atoms with van der Waals surface area (Å²) in [6.07, 6.45) is 0. The maximum atomic E-state index is 12.2. The highest BCUT2D eigenvalue weighted by molar-refractivity contribution is 9.10. The molecule has 0 saturated heterocycles. The van der Waals surface area contributed by atoms with E-state index in [0.29, 0.717) is 0 Å². The summed E-state index contributed by atoms with van der Waals surface area (Å²) in [4.78, 5) is 0. The van der Waals surface area contributed by atoms with E-state index in [-0.39, 0.29) is 18.3 Å². The minimum atomic E-state index is -3.18. The average Bonchev–Trinajstić information content (AvgIpc) is 2.97. The van der Waals surface area contributed by atoms with Crippen LogP contribution in [0.25, 0.3) is 0 Å². The Labute approximate surface area is 122 Å². The van der Waals surface area contributed by atoms with E-state index in [2.05, 4.69) is 15.9 Å². The van der Waals surface area contributed by atoms with Gasteiger partial charge in [-0.15, -0.1) is 0 Å². The Morgan fingerprint density at radius 3 is 2.42 bits per heavy atom. The summed E-state index contributed by atoms with van der Waals surface area (Å²) in [7, 11) is -1.64. The van der Waals surface area contributed by atoms with Crippen molar-refractivity contribution < 1.29 is 13.2 Å². The molecule has 1 aliphatic rings. The van der Waals surface area contributed by atoms with Crippen molar-refractivity contribution in [3.8, 4) is 0 Å². The van der Waals surface area contributed by atoms with E-state index in [4.69, 9.17) is 10.5 Å². The molecule has 1 aromatic carbocycles. The molecule has 2 rings (SSSR count). The summed E-state index contributed by atoms with van der Waals surface area (Å²) in [5.74, 6) is -0.0848. The molecule has 1 aliphatic carbocycles. The lowest BCUT2D eigenvalue weighted by Crippen LogP contribution is -2.36. The van der Waals surface area contributed by atoms with E-state index in [1.54, 1.807) is 14.0 Å². The van der Waals surface area contributed by atoms with Crippen LogP contribution in [-0.2, 0) is 14.6 Å². The van der Waals surface area contributed by atoms with E-state index in [9.17, 15) is 8.42 Å². The number of halogens is 1. The standard InChI is InChI=1S/C13H18BrNO3S/c1-3-19(16,17)12-11(13(12,15)8-18-2)9-4-6-10(14)7-5-9/h4-7,11-12H,3,8,15H2,1-2H3/t11-,12-,13-/m1/s1. The Kier molecular flexibility index (Phi) is 4.07. The summed E-state index contributed by atoms with van der Waals surface area (Å²) in [6, 6.07) is 7.63. The minimum absolute atomic E-state index is 0.105. The Morgan fingerprint density at radius 2 is 1.95 bits per heavy atom. The van der Waals surface area contributed by atoms with Crippen LogP contribution in [-0.4, -0.2) is 38.7 Å². The van der Waals surface area contributed by atoms with Crippen LogP contribution in [0, 0.1) is 0 Å². The van der Waals surface area contributed by atoms with Crippen molar-refractivity contribution >= 4 is 25.8 Å². The summed E-state index contributed by atoms with van der Waals surface area (Å²) in [5, 5.41) is -0.550. The first-order valence-corrected chi connectivity index (χ1v) is 8.62. The molecular weight excluding hydrogens is 330 g/mol. The summed E-state index contributed by atoms with van der Waals surface area (Å²) < 4.78 is 30.4. The fourth-order valence-corrected chi connectivity index (χ4v) is 4.97. The van der Waals surface area contributed by atoms with Gasteiger partial charge in [0, 0.05) is 23.3 Å². The molecule has 0 spiro atoms. The molecule has 0 amide bonds. The Hall–Kier alpha value is -0.430. The third kappa shape index (κ3) is 2.59. The van der Waals surface area contributed by atoms with Gasteiger partial charge in [0.2, 0.25) is 0 Å². The molecule has 2 N–H and O–H groups in total. The van der Waals surface area contributed by atoms with Crippen LogP contribution in [0.15, 0.2) is 28.7 Å². The van der Waals surface area contributed by atoms with Crippen molar-refractivity contribution in [2.45, 2.75) is 23.6 Å². The van der Waals surface area contributed by atoms with Crippen molar-refractivity contribution in [3.05, 3.63) is 34.3 Å². The molecule has 19 heavy (non-hydrogen) atoms. The molecule has 1 saturated carbocycles. The number of nitrogens with two attached hydrogens (primary N) is 1. The summed E-state index contributed by atoms with van der Waals surface area (Å²) in [5.41, 5.74) is 6.40. The zero-order valence-corrected chi connectivity index (χ0v) is 13.4. The fraction of sp³-hybridized carbons (Fsp3) is 0.538. The van der Waals surface area contributed by atoms with Crippen LogP contribution < -0.4 is 5.73 Å². The van der Waals surface area contributed by atoms with Crippen molar-refractivity contribution in [1.82, 2.24) is 0 Å². The van der Waals surface area contributed by atoms with Crippen LogP contribution in [0.4, 0.5) is 0 Å². The molecule has 0 heterocycles. The Morgan fingerprint density at radius 1 is 1.37 bits per heavy atom. The minimum Gasteiger partial charge on any atom is -0.383 e. The topological polar surface area (TPSA) is 69.4 Å². The average molecular weight is 348 g/mol. The van der Waals surface area contributed by atoms with Crippen LogP contribution in [0.1, 0.15) is 18.4 Å². The molecule has 6 heteroatoms. The largest absolute Gasteiger partial charge is 0.383 e. The molecule has 106 valence electrons. The van der Waals surface area contributed by atoms with E-state index in [1.165, 1.54) is 0 Å². The first-order chi connectivity index (χ1) is 8.86. The van der Waals surface area contributed by atoms with Crippen LogP contribution in [0.2, 0.25) is 0 Å². The lowest BCUT2D eigenvalue weighted by atomic mass is 10.1. The Balaban J connectivity index is 2.36. The van der Waals surface area contributed by atoms with Gasteiger partial charge < -0.3 is 10.5 Å². The highest BCUT2D eigenvalue weighted by Crippen LogP contribution is 2.54. The van der Waals surface area contributed by atoms with Crippen molar-refractivity contribution in [1.29, 1.82) is 0 Å². The van der Waals surface area contributed by atoms with Crippen LogP contribution >= 0.6 is 15.9 Å². The third-order valence-corrected chi connectivity index (χ3v) is 6.53. The van der Waals surface area contributed by atoms with E-state index >= 15 is 0 Å². The van der Waals surface area contributed by atoms with Gasteiger partial charge in [0.1, 0.15) is 0 Å². The SMILES string of the molecule is CCS(=O)(=O)[C@@H]1[C@@H](c2ccc(Br)cc2)[C@]1(N)COC. The lowest BCUT2D eigenvalue weighted by molar-refractivity contribution is 0.171. The number of methoxy groups -OCH3 is 1. The van der Waals surface area contributed by atoms with Gasteiger partial charge >= 0.3 is 0 Å². The van der Waals surface area contributed by atoms with Gasteiger partial charge in [0.05, 0.1) is 17.4 Å². The van der Waals surface area contributed by atoms with Crippen molar-refractivity contribution in [3.63, 3.8) is 0 Å². The molecule has 4 nitrogen and oxygen atoms in total. The van der Waals surface area contributed by atoms with E-state index in [1.807, 2.05) is 24.3 Å². The highest BCUT2D eigenvalue weighted by Gasteiger charge is 2.68. The summed E-state index contributed by atoms with van der Waals surface area (Å²) >= 11 is 3.37. The zero-order chi connectivity index (χ0) is 14.3. The fourth-order valence-electron chi connectivity index (χ4n) is 2.72. The van der Waals surface area contributed by atoms with Gasteiger partial charge in [-0.3, -0.25) is 0 Å². The zero-order valence-electron chi connectivity index (χ0n) is 11.0. The number of hydrogen-bond donors (Lipinski definition) is 1. The number of hydrogen-bond acceptors (Lipinski definition) is 4. The summed E-state index contributed by atoms with van der Waals surface area (Å²) in [6.45, 7) is 1.90. The predicted octanol–water partition coefficient (Wildman–Crippen LogP) is 1.69. The number of rotatable bonds is 5. The maximum absolute atomic E-state index is 12.2. The molecule has 0 aliphatic heterocycles. The normalized spacial score (nSPS) is 30.3.